The fraction of sp³-hybridized carbons (Fsp3) is 0.188. The zero-order valence-electron chi connectivity index (χ0n) is 10.8. The van der Waals surface area contributed by atoms with Gasteiger partial charge in [-0.05, 0) is 23.3 Å². The van der Waals surface area contributed by atoms with Crippen LogP contribution in [0.3, 0.4) is 0 Å². The van der Waals surface area contributed by atoms with Gasteiger partial charge in [-0.25, -0.2) is 0 Å². The number of benzene rings is 2. The summed E-state index contributed by atoms with van der Waals surface area (Å²) >= 11 is 0. The summed E-state index contributed by atoms with van der Waals surface area (Å²) in [5.41, 5.74) is 7.66. The van der Waals surface area contributed by atoms with Gasteiger partial charge in [-0.1, -0.05) is 42.5 Å². The first-order chi connectivity index (χ1) is 9.24. The highest BCUT2D eigenvalue weighted by molar-refractivity contribution is 5.79. The van der Waals surface area contributed by atoms with E-state index in [1.54, 1.807) is 0 Å². The molecule has 98 valence electrons. The Bertz CT molecular complexity index is 520. The van der Waals surface area contributed by atoms with E-state index in [0.717, 1.165) is 17.7 Å². The minimum atomic E-state index is 0.178. The fourth-order valence-electron chi connectivity index (χ4n) is 1.85. The maximum absolute atomic E-state index is 7.24. The van der Waals surface area contributed by atoms with E-state index in [1.807, 2.05) is 42.5 Å². The first-order valence-electron chi connectivity index (χ1n) is 6.32. The third kappa shape index (κ3) is 4.47. The van der Waals surface area contributed by atoms with E-state index in [4.69, 9.17) is 15.9 Å². The number of amidine groups is 1. The molecule has 0 atom stereocenters. The van der Waals surface area contributed by atoms with Gasteiger partial charge in [-0.15, -0.1) is 0 Å². The average Bonchev–Trinajstić information content (AvgIpc) is 2.41. The zero-order chi connectivity index (χ0) is 13.5. The number of hydrogen-bond acceptors (Lipinski definition) is 2. The molecule has 0 fully saturated rings. The smallest absolute Gasteiger partial charge is 0.119 e. The number of ether oxygens (including phenoxy) is 1. The lowest BCUT2D eigenvalue weighted by Gasteiger charge is -2.07. The fourth-order valence-corrected chi connectivity index (χ4v) is 1.85. The topological polar surface area (TPSA) is 59.1 Å². The van der Waals surface area contributed by atoms with Gasteiger partial charge in [-0.3, -0.25) is 5.41 Å². The van der Waals surface area contributed by atoms with Crippen LogP contribution < -0.4 is 10.5 Å². The molecule has 0 aliphatic carbocycles. The van der Waals surface area contributed by atoms with Crippen LogP contribution in [-0.2, 0) is 12.8 Å². The normalized spacial score (nSPS) is 10.1. The van der Waals surface area contributed by atoms with Crippen LogP contribution in [0.4, 0.5) is 0 Å². The molecule has 3 heteroatoms. The third-order valence-corrected chi connectivity index (χ3v) is 2.82. The Labute approximate surface area is 113 Å². The van der Waals surface area contributed by atoms with Gasteiger partial charge in [0.15, 0.2) is 0 Å². The van der Waals surface area contributed by atoms with Gasteiger partial charge in [0.2, 0.25) is 0 Å². The molecule has 0 heterocycles. The zero-order valence-corrected chi connectivity index (χ0v) is 10.8. The predicted molar refractivity (Wildman–Crippen MR) is 77.7 cm³/mol. The third-order valence-electron chi connectivity index (χ3n) is 2.82. The van der Waals surface area contributed by atoms with Crippen molar-refractivity contribution in [2.24, 2.45) is 5.73 Å². The van der Waals surface area contributed by atoms with E-state index in [-0.39, 0.29) is 5.84 Å². The van der Waals surface area contributed by atoms with Gasteiger partial charge in [-0.2, -0.15) is 0 Å². The van der Waals surface area contributed by atoms with Crippen LogP contribution in [0.25, 0.3) is 0 Å². The second-order valence-electron chi connectivity index (χ2n) is 4.43. The van der Waals surface area contributed by atoms with Crippen molar-refractivity contribution in [2.45, 2.75) is 12.8 Å². The highest BCUT2D eigenvalue weighted by Gasteiger charge is 1.98. The van der Waals surface area contributed by atoms with E-state index in [1.165, 1.54) is 5.56 Å². The highest BCUT2D eigenvalue weighted by Crippen LogP contribution is 2.13. The second kappa shape index (κ2) is 6.59. The van der Waals surface area contributed by atoms with Gasteiger partial charge in [0.1, 0.15) is 5.75 Å². The molecule has 2 aromatic rings. The van der Waals surface area contributed by atoms with Gasteiger partial charge in [0.25, 0.3) is 0 Å². The molecule has 0 saturated carbocycles. The average molecular weight is 254 g/mol. The maximum Gasteiger partial charge on any atom is 0.119 e. The first kappa shape index (κ1) is 13.1. The second-order valence-corrected chi connectivity index (χ2v) is 4.43. The van der Waals surface area contributed by atoms with Crippen LogP contribution in [0.15, 0.2) is 54.6 Å². The molecule has 3 N–H and O–H groups in total. The summed E-state index contributed by atoms with van der Waals surface area (Å²) in [4.78, 5) is 0. The van der Waals surface area contributed by atoms with E-state index in [0.29, 0.717) is 13.0 Å². The molecular formula is C16H18N2O. The quantitative estimate of drug-likeness (QED) is 0.615. The molecule has 0 bridgehead atoms. The van der Waals surface area contributed by atoms with Crippen LogP contribution >= 0.6 is 0 Å². The molecule has 0 radical (unpaired) electrons. The number of rotatable bonds is 6. The minimum Gasteiger partial charge on any atom is -0.493 e. The summed E-state index contributed by atoms with van der Waals surface area (Å²) in [6.07, 6.45) is 1.39. The lowest BCUT2D eigenvalue weighted by atomic mass is 10.1. The van der Waals surface area contributed by atoms with E-state index in [9.17, 15) is 0 Å². The van der Waals surface area contributed by atoms with Crippen LogP contribution in [0.5, 0.6) is 5.75 Å². The lowest BCUT2D eigenvalue weighted by molar-refractivity contribution is 0.322. The molecule has 0 aromatic heterocycles. The van der Waals surface area contributed by atoms with Gasteiger partial charge in [0, 0.05) is 12.8 Å². The molecule has 2 rings (SSSR count). The van der Waals surface area contributed by atoms with Crippen molar-refractivity contribution in [3.8, 4) is 5.75 Å². The largest absolute Gasteiger partial charge is 0.493 e. The number of nitrogens with one attached hydrogen (secondary N) is 1. The maximum atomic E-state index is 7.24. The van der Waals surface area contributed by atoms with Crippen molar-refractivity contribution in [3.05, 3.63) is 65.7 Å². The summed E-state index contributed by atoms with van der Waals surface area (Å²) in [6.45, 7) is 0.663. The monoisotopic (exact) mass is 254 g/mol. The molecular weight excluding hydrogens is 236 g/mol. The molecule has 0 saturated heterocycles. The molecule has 0 unspecified atom stereocenters. The van der Waals surface area contributed by atoms with Crippen LogP contribution in [0.1, 0.15) is 11.1 Å². The lowest BCUT2D eigenvalue weighted by Crippen LogP contribution is -2.12. The van der Waals surface area contributed by atoms with Crippen LogP contribution in [0, 0.1) is 5.41 Å². The van der Waals surface area contributed by atoms with Crippen molar-refractivity contribution in [1.82, 2.24) is 0 Å². The van der Waals surface area contributed by atoms with Crippen LogP contribution in [0.2, 0.25) is 0 Å². The van der Waals surface area contributed by atoms with Gasteiger partial charge >= 0.3 is 0 Å². The first-order valence-corrected chi connectivity index (χ1v) is 6.32. The molecule has 0 aliphatic rings. The summed E-state index contributed by atoms with van der Waals surface area (Å²) in [7, 11) is 0. The Balaban J connectivity index is 1.81. The Morgan fingerprint density at radius 3 is 2.26 bits per heavy atom. The van der Waals surface area contributed by atoms with E-state index in [2.05, 4.69) is 12.1 Å². The van der Waals surface area contributed by atoms with E-state index < -0.39 is 0 Å². The standard InChI is InChI=1S/C16H18N2O/c17-16(18)12-14-6-8-15(9-7-14)19-11-10-13-4-2-1-3-5-13/h1-9H,10-12H2,(H3,17,18). The molecule has 3 nitrogen and oxygen atoms in total. The van der Waals surface area contributed by atoms with Crippen molar-refractivity contribution < 1.29 is 4.74 Å². The Hall–Kier alpha value is -2.29. The van der Waals surface area contributed by atoms with Gasteiger partial charge in [0.05, 0.1) is 12.4 Å². The summed E-state index contributed by atoms with van der Waals surface area (Å²) in [5, 5.41) is 7.24. The van der Waals surface area contributed by atoms with Crippen molar-refractivity contribution >= 4 is 5.84 Å². The highest BCUT2D eigenvalue weighted by atomic mass is 16.5. The van der Waals surface area contributed by atoms with Crippen molar-refractivity contribution in [1.29, 1.82) is 5.41 Å². The summed E-state index contributed by atoms with van der Waals surface area (Å²) in [5.74, 6) is 1.03. The van der Waals surface area contributed by atoms with Crippen LogP contribution in [-0.4, -0.2) is 12.4 Å². The molecule has 0 spiro atoms. The van der Waals surface area contributed by atoms with Crippen molar-refractivity contribution in [2.75, 3.05) is 6.61 Å². The predicted octanol–water partition coefficient (Wildman–Crippen LogP) is 2.79. The van der Waals surface area contributed by atoms with Crippen molar-refractivity contribution in [3.63, 3.8) is 0 Å². The summed E-state index contributed by atoms with van der Waals surface area (Å²) < 4.78 is 5.68. The Morgan fingerprint density at radius 2 is 1.63 bits per heavy atom. The minimum absolute atomic E-state index is 0.178. The van der Waals surface area contributed by atoms with E-state index >= 15 is 0 Å². The van der Waals surface area contributed by atoms with Gasteiger partial charge < -0.3 is 10.5 Å². The summed E-state index contributed by atoms with van der Waals surface area (Å²) in [6, 6.07) is 18.0. The Morgan fingerprint density at radius 1 is 0.947 bits per heavy atom. The number of nitrogens with two attached hydrogens (primary N) is 1. The molecule has 2 aromatic carbocycles. The SMILES string of the molecule is N=C(N)Cc1ccc(OCCc2ccccc2)cc1. The Kier molecular flexibility index (Phi) is 4.56. The molecule has 19 heavy (non-hydrogen) atoms. The molecule has 0 amide bonds. The number of hydrogen-bond donors (Lipinski definition) is 2. The molecule has 0 aliphatic heterocycles.